The van der Waals surface area contributed by atoms with Gasteiger partial charge in [0.15, 0.2) is 5.60 Å². The van der Waals surface area contributed by atoms with Crippen molar-refractivity contribution >= 4 is 11.8 Å². The number of benzene rings is 3. The van der Waals surface area contributed by atoms with Crippen LogP contribution in [0.25, 0.3) is 11.1 Å². The van der Waals surface area contributed by atoms with Gasteiger partial charge in [0.05, 0.1) is 20.3 Å². The molecule has 1 fully saturated rings. The van der Waals surface area contributed by atoms with E-state index >= 15 is 0 Å². The van der Waals surface area contributed by atoms with Gasteiger partial charge in [0.25, 0.3) is 11.8 Å². The van der Waals surface area contributed by atoms with Crippen LogP contribution < -0.4 is 10.5 Å². The predicted octanol–water partition coefficient (Wildman–Crippen LogP) is 3.30. The molecule has 1 aliphatic rings. The second kappa shape index (κ2) is 9.24. The normalized spacial score (nSPS) is 18.2. The van der Waals surface area contributed by atoms with Gasteiger partial charge in [-0.3, -0.25) is 9.59 Å². The lowest BCUT2D eigenvalue weighted by molar-refractivity contribution is -0.153. The number of amides is 2. The summed E-state index contributed by atoms with van der Waals surface area (Å²) in [4.78, 5) is 27.2. The lowest BCUT2D eigenvalue weighted by atomic mass is 9.90. The average Bonchev–Trinajstić information content (AvgIpc) is 2.84. The number of rotatable bonds is 6. The highest BCUT2D eigenvalue weighted by Crippen LogP contribution is 2.27. The summed E-state index contributed by atoms with van der Waals surface area (Å²) < 4.78 is 11.1. The lowest BCUT2D eigenvalue weighted by Crippen LogP contribution is -2.61. The monoisotopic (exact) mass is 430 g/mol. The Morgan fingerprint density at radius 3 is 2.41 bits per heavy atom. The fourth-order valence-electron chi connectivity index (χ4n) is 4.01. The van der Waals surface area contributed by atoms with Crippen molar-refractivity contribution in [1.82, 2.24) is 4.90 Å². The number of hydrogen-bond acceptors (Lipinski definition) is 4. The Bertz CT molecular complexity index is 1100. The molecule has 1 heterocycles. The van der Waals surface area contributed by atoms with E-state index in [2.05, 4.69) is 0 Å². The number of carbonyl (C=O) groups excluding carboxylic acids is 2. The van der Waals surface area contributed by atoms with Crippen LogP contribution in [0.2, 0.25) is 0 Å². The Kier molecular flexibility index (Phi) is 6.23. The third-order valence-electron chi connectivity index (χ3n) is 5.79. The molecule has 0 spiro atoms. The van der Waals surface area contributed by atoms with Crippen molar-refractivity contribution in [2.24, 2.45) is 5.73 Å². The van der Waals surface area contributed by atoms with Gasteiger partial charge in [-0.1, -0.05) is 60.7 Å². The van der Waals surface area contributed by atoms with Crippen molar-refractivity contribution < 1.29 is 19.1 Å². The average molecular weight is 431 g/mol. The Balaban J connectivity index is 1.54. The van der Waals surface area contributed by atoms with Crippen molar-refractivity contribution in [3.05, 3.63) is 90.0 Å². The first-order valence-electron chi connectivity index (χ1n) is 10.5. The molecular formula is C26H26N2O4. The predicted molar refractivity (Wildman–Crippen MR) is 122 cm³/mol. The van der Waals surface area contributed by atoms with E-state index in [4.69, 9.17) is 15.2 Å². The van der Waals surface area contributed by atoms with E-state index in [0.29, 0.717) is 24.3 Å². The molecule has 1 atom stereocenters. The van der Waals surface area contributed by atoms with Crippen molar-refractivity contribution in [2.75, 3.05) is 26.8 Å². The summed E-state index contributed by atoms with van der Waals surface area (Å²) in [5.74, 6) is -0.159. The fraction of sp³-hybridized carbons (Fsp3) is 0.231. The van der Waals surface area contributed by atoms with Crippen molar-refractivity contribution in [1.29, 1.82) is 0 Å². The number of ether oxygens (including phenoxy) is 2. The van der Waals surface area contributed by atoms with Gasteiger partial charge in [-0.15, -0.1) is 0 Å². The maximum Gasteiger partial charge on any atom is 0.254 e. The summed E-state index contributed by atoms with van der Waals surface area (Å²) in [6.45, 7) is 0.720. The molecule has 0 aliphatic carbocycles. The molecule has 32 heavy (non-hydrogen) atoms. The molecule has 4 rings (SSSR count). The summed E-state index contributed by atoms with van der Waals surface area (Å²) in [6.07, 6.45) is 0.291. The van der Waals surface area contributed by atoms with E-state index in [9.17, 15) is 9.59 Å². The van der Waals surface area contributed by atoms with Crippen molar-refractivity contribution in [3.63, 3.8) is 0 Å². The maximum absolute atomic E-state index is 13.1. The molecule has 1 saturated heterocycles. The van der Waals surface area contributed by atoms with E-state index in [1.54, 1.807) is 36.3 Å². The molecule has 2 N–H and O–H groups in total. The Hall–Kier alpha value is -3.64. The number of nitrogens with zero attached hydrogens (tertiary/aromatic N) is 1. The molecule has 1 unspecified atom stereocenters. The number of nitrogens with two attached hydrogens (primary N) is 1. The second-order valence-corrected chi connectivity index (χ2v) is 7.91. The third-order valence-corrected chi connectivity index (χ3v) is 5.79. The zero-order chi connectivity index (χ0) is 22.6. The molecule has 6 nitrogen and oxygen atoms in total. The first-order valence-corrected chi connectivity index (χ1v) is 10.5. The van der Waals surface area contributed by atoms with E-state index in [1.165, 1.54) is 0 Å². The van der Waals surface area contributed by atoms with E-state index in [-0.39, 0.29) is 19.1 Å². The molecule has 6 heteroatoms. The quantitative estimate of drug-likeness (QED) is 0.651. The first kappa shape index (κ1) is 21.6. The van der Waals surface area contributed by atoms with Crippen LogP contribution in [0.15, 0.2) is 78.9 Å². The minimum Gasteiger partial charge on any atom is -0.497 e. The van der Waals surface area contributed by atoms with Crippen LogP contribution in [-0.2, 0) is 16.0 Å². The fourth-order valence-corrected chi connectivity index (χ4v) is 4.01. The van der Waals surface area contributed by atoms with Crippen LogP contribution in [0.1, 0.15) is 15.9 Å². The zero-order valence-corrected chi connectivity index (χ0v) is 18.0. The highest BCUT2D eigenvalue weighted by atomic mass is 16.5. The molecule has 3 aromatic rings. The SMILES string of the molecule is COc1cccc(C(=O)N2CCOC(Cc3ccc(-c4ccccc4)cc3)(C(N)=O)C2)c1. The van der Waals surface area contributed by atoms with Gasteiger partial charge >= 0.3 is 0 Å². The molecule has 3 aromatic carbocycles. The second-order valence-electron chi connectivity index (χ2n) is 7.91. The molecule has 0 bridgehead atoms. The van der Waals surface area contributed by atoms with Crippen LogP contribution in [0, 0.1) is 0 Å². The van der Waals surface area contributed by atoms with Crippen molar-refractivity contribution in [2.45, 2.75) is 12.0 Å². The largest absolute Gasteiger partial charge is 0.497 e. The van der Waals surface area contributed by atoms with E-state index in [1.807, 2.05) is 54.6 Å². The van der Waals surface area contributed by atoms with Crippen molar-refractivity contribution in [3.8, 4) is 16.9 Å². The standard InChI is InChI=1S/C26H26N2O4/c1-31-23-9-5-8-22(16-23)24(29)28-14-15-32-26(18-28,25(27)30)17-19-10-12-21(13-11-19)20-6-3-2-4-7-20/h2-13,16H,14-15,17-18H2,1H3,(H2,27,30). The minimum absolute atomic E-state index is 0.0960. The minimum atomic E-state index is -1.28. The van der Waals surface area contributed by atoms with Crippen LogP contribution in [0.5, 0.6) is 5.75 Å². The summed E-state index contributed by atoms with van der Waals surface area (Å²) >= 11 is 0. The van der Waals surface area contributed by atoms with Gasteiger partial charge in [0, 0.05) is 18.5 Å². The maximum atomic E-state index is 13.1. The van der Waals surface area contributed by atoms with Gasteiger partial charge in [-0.2, -0.15) is 0 Å². The number of primary amides is 1. The van der Waals surface area contributed by atoms with E-state index in [0.717, 1.165) is 16.7 Å². The Morgan fingerprint density at radius 1 is 1.00 bits per heavy atom. The summed E-state index contributed by atoms with van der Waals surface area (Å²) in [7, 11) is 1.56. The number of carbonyl (C=O) groups is 2. The molecule has 164 valence electrons. The highest BCUT2D eigenvalue weighted by molar-refractivity contribution is 5.95. The highest BCUT2D eigenvalue weighted by Gasteiger charge is 2.44. The topological polar surface area (TPSA) is 81.9 Å². The third kappa shape index (κ3) is 4.50. The van der Waals surface area contributed by atoms with E-state index < -0.39 is 11.5 Å². The number of morpholine rings is 1. The Morgan fingerprint density at radius 2 is 1.72 bits per heavy atom. The number of hydrogen-bond donors (Lipinski definition) is 1. The van der Waals surface area contributed by atoms with Gasteiger partial charge in [-0.25, -0.2) is 0 Å². The van der Waals surface area contributed by atoms with Crippen LogP contribution in [-0.4, -0.2) is 49.1 Å². The molecular weight excluding hydrogens is 404 g/mol. The number of methoxy groups -OCH3 is 1. The van der Waals surface area contributed by atoms with Crippen LogP contribution in [0.3, 0.4) is 0 Å². The van der Waals surface area contributed by atoms with Crippen LogP contribution >= 0.6 is 0 Å². The molecule has 0 saturated carbocycles. The molecule has 1 aliphatic heterocycles. The van der Waals surface area contributed by atoms with Gasteiger partial charge in [0.2, 0.25) is 0 Å². The van der Waals surface area contributed by atoms with Gasteiger partial charge in [0.1, 0.15) is 5.75 Å². The smallest absolute Gasteiger partial charge is 0.254 e. The zero-order valence-electron chi connectivity index (χ0n) is 18.0. The summed E-state index contributed by atoms with van der Waals surface area (Å²) in [5, 5.41) is 0. The van der Waals surface area contributed by atoms with Gasteiger partial charge < -0.3 is 20.1 Å². The van der Waals surface area contributed by atoms with Gasteiger partial charge in [-0.05, 0) is 34.9 Å². The molecule has 2 amide bonds. The lowest BCUT2D eigenvalue weighted by Gasteiger charge is -2.40. The summed E-state index contributed by atoms with van der Waals surface area (Å²) in [5.41, 5.74) is 8.14. The first-order chi connectivity index (χ1) is 15.5. The van der Waals surface area contributed by atoms with Crippen LogP contribution in [0.4, 0.5) is 0 Å². The Labute approximate surface area is 187 Å². The molecule has 0 aromatic heterocycles. The summed E-state index contributed by atoms with van der Waals surface area (Å²) in [6, 6.07) is 25.0. The molecule has 0 radical (unpaired) electrons.